The van der Waals surface area contributed by atoms with Crippen molar-refractivity contribution < 1.29 is 46.1 Å². The number of amides is 2. The van der Waals surface area contributed by atoms with Gasteiger partial charge >= 0.3 is 28.7 Å². The van der Waals surface area contributed by atoms with Gasteiger partial charge in [0.1, 0.15) is 24.4 Å². The van der Waals surface area contributed by atoms with Crippen molar-refractivity contribution >= 4 is 35.4 Å². The van der Waals surface area contributed by atoms with E-state index in [1.807, 2.05) is 0 Å². The molecular weight excluding hydrogens is 403 g/mol. The lowest BCUT2D eigenvalue weighted by atomic mass is 10.1. The molecule has 0 aromatic carbocycles. The van der Waals surface area contributed by atoms with Gasteiger partial charge in [-0.25, -0.2) is 9.59 Å². The van der Waals surface area contributed by atoms with E-state index >= 15 is 0 Å². The van der Waals surface area contributed by atoms with Crippen molar-refractivity contribution in [1.82, 2.24) is 0 Å². The van der Waals surface area contributed by atoms with Crippen molar-refractivity contribution in [3.63, 3.8) is 0 Å². The van der Waals surface area contributed by atoms with Crippen molar-refractivity contribution in [1.29, 1.82) is 0 Å². The monoisotopic (exact) mass is 416 g/mol. The topological polar surface area (TPSA) is 123 Å². The Bertz CT molecular complexity index is 484. The standard InChI is InChI=1S/C11H14Cl2F4N2O6/c1-3(22-7(18)20)5-6(4(2)23-8(19)21)25-9(24-5,10(12,14)15)11(13,16)17/h3-6H,1-2H3,(H2,18,20)(H2,19,21). The molecular formula is C11H14Cl2F4N2O6. The van der Waals surface area contributed by atoms with Crippen LogP contribution in [-0.4, -0.2) is 53.2 Å². The third-order valence-corrected chi connectivity index (χ3v) is 3.70. The zero-order chi connectivity index (χ0) is 19.8. The van der Waals surface area contributed by atoms with Crippen LogP contribution in [0.25, 0.3) is 0 Å². The number of primary amides is 2. The fraction of sp³-hybridized carbons (Fsp3) is 0.818. The minimum absolute atomic E-state index is 1.08. The highest BCUT2D eigenvalue weighted by molar-refractivity contribution is 6.26. The lowest BCUT2D eigenvalue weighted by Gasteiger charge is -2.34. The maximum atomic E-state index is 13.7. The second kappa shape index (κ2) is 7.17. The van der Waals surface area contributed by atoms with Gasteiger partial charge in [-0.05, 0) is 37.0 Å². The number of ether oxygens (including phenoxy) is 4. The molecule has 0 aliphatic carbocycles. The highest BCUT2D eigenvalue weighted by Gasteiger charge is 2.76. The molecule has 25 heavy (non-hydrogen) atoms. The Morgan fingerprint density at radius 3 is 1.44 bits per heavy atom. The Morgan fingerprint density at radius 1 is 0.960 bits per heavy atom. The smallest absolute Gasteiger partial charge is 0.404 e. The molecule has 1 rings (SSSR count). The van der Waals surface area contributed by atoms with E-state index in [0.717, 1.165) is 13.8 Å². The number of hydrogen-bond donors (Lipinski definition) is 2. The van der Waals surface area contributed by atoms with Crippen LogP contribution < -0.4 is 11.5 Å². The number of carbonyl (C=O) groups is 2. The van der Waals surface area contributed by atoms with E-state index in [1.165, 1.54) is 0 Å². The number of halogens is 6. The van der Waals surface area contributed by atoms with Gasteiger partial charge in [-0.15, -0.1) is 0 Å². The third-order valence-electron chi connectivity index (χ3n) is 3.20. The van der Waals surface area contributed by atoms with E-state index in [4.69, 9.17) is 34.7 Å². The van der Waals surface area contributed by atoms with Gasteiger partial charge in [-0.1, -0.05) is 0 Å². The lowest BCUT2D eigenvalue weighted by molar-refractivity contribution is -0.336. The molecule has 0 aromatic rings. The summed E-state index contributed by atoms with van der Waals surface area (Å²) in [7, 11) is 0. The van der Waals surface area contributed by atoms with Crippen LogP contribution in [-0.2, 0) is 18.9 Å². The highest BCUT2D eigenvalue weighted by Crippen LogP contribution is 2.54. The minimum Gasteiger partial charge on any atom is -0.444 e. The minimum atomic E-state index is -4.83. The van der Waals surface area contributed by atoms with Crippen LogP contribution in [0, 0.1) is 0 Å². The summed E-state index contributed by atoms with van der Waals surface area (Å²) in [5.41, 5.74) is 9.58. The molecule has 1 saturated heterocycles. The normalized spacial score (nSPS) is 25.9. The summed E-state index contributed by atoms with van der Waals surface area (Å²) in [6, 6.07) is 0. The molecule has 0 bridgehead atoms. The molecule has 4 atom stereocenters. The van der Waals surface area contributed by atoms with E-state index < -0.39 is 53.2 Å². The highest BCUT2D eigenvalue weighted by atomic mass is 35.5. The number of nitrogens with two attached hydrogens (primary N) is 2. The van der Waals surface area contributed by atoms with Crippen LogP contribution in [0.2, 0.25) is 0 Å². The van der Waals surface area contributed by atoms with E-state index in [2.05, 4.69) is 18.9 Å². The van der Waals surface area contributed by atoms with Crippen LogP contribution in [0.1, 0.15) is 13.8 Å². The van der Waals surface area contributed by atoms with Crippen LogP contribution in [0.4, 0.5) is 27.2 Å². The second-order valence-electron chi connectivity index (χ2n) is 5.06. The van der Waals surface area contributed by atoms with E-state index in [0.29, 0.717) is 0 Å². The van der Waals surface area contributed by atoms with Gasteiger partial charge < -0.3 is 30.4 Å². The number of alkyl halides is 6. The summed E-state index contributed by atoms with van der Waals surface area (Å²) < 4.78 is 72.9. The zero-order valence-electron chi connectivity index (χ0n) is 12.7. The SMILES string of the molecule is CC(OC(N)=O)C1OC(C(F)(F)Cl)(C(F)(F)Cl)OC1C(C)OC(N)=O. The Balaban J connectivity index is 3.31. The number of rotatable bonds is 6. The maximum Gasteiger partial charge on any atom is 0.404 e. The first kappa shape index (κ1) is 21.8. The summed E-state index contributed by atoms with van der Waals surface area (Å²) in [6.45, 7) is 2.16. The van der Waals surface area contributed by atoms with E-state index in [-0.39, 0.29) is 0 Å². The predicted octanol–water partition coefficient (Wildman–Crippen LogP) is 2.10. The Morgan fingerprint density at radius 2 is 1.24 bits per heavy atom. The van der Waals surface area contributed by atoms with E-state index in [9.17, 15) is 27.2 Å². The average molecular weight is 417 g/mol. The molecule has 8 nitrogen and oxygen atoms in total. The van der Waals surface area contributed by atoms with Crippen molar-refractivity contribution in [2.75, 3.05) is 0 Å². The van der Waals surface area contributed by atoms with Crippen molar-refractivity contribution in [3.8, 4) is 0 Å². The van der Waals surface area contributed by atoms with Crippen LogP contribution in [0.3, 0.4) is 0 Å². The van der Waals surface area contributed by atoms with Crippen molar-refractivity contribution in [2.45, 2.75) is 54.8 Å². The van der Waals surface area contributed by atoms with E-state index in [1.54, 1.807) is 0 Å². The molecule has 146 valence electrons. The molecule has 0 saturated carbocycles. The maximum absolute atomic E-state index is 13.7. The molecule has 0 spiro atoms. The van der Waals surface area contributed by atoms with Gasteiger partial charge in [0.25, 0.3) is 0 Å². The lowest BCUT2D eigenvalue weighted by Crippen LogP contribution is -2.57. The van der Waals surface area contributed by atoms with Gasteiger partial charge in [0.15, 0.2) is 0 Å². The summed E-state index contributed by atoms with van der Waals surface area (Å²) in [5.74, 6) is -4.15. The van der Waals surface area contributed by atoms with Gasteiger partial charge in [0.2, 0.25) is 0 Å². The quantitative estimate of drug-likeness (QED) is 0.504. The largest absolute Gasteiger partial charge is 0.444 e. The molecule has 0 radical (unpaired) electrons. The first-order valence-corrected chi connectivity index (χ1v) is 7.29. The number of hydrogen-bond acceptors (Lipinski definition) is 6. The number of carbonyl (C=O) groups excluding carboxylic acids is 2. The van der Waals surface area contributed by atoms with Gasteiger partial charge in [0.05, 0.1) is 0 Å². The Labute approximate surface area is 148 Å². The van der Waals surface area contributed by atoms with Crippen molar-refractivity contribution in [2.24, 2.45) is 11.5 Å². The molecule has 14 heteroatoms. The second-order valence-corrected chi connectivity index (χ2v) is 6.01. The molecule has 4 unspecified atom stereocenters. The first-order chi connectivity index (χ1) is 11.1. The van der Waals surface area contributed by atoms with Crippen LogP contribution in [0.15, 0.2) is 0 Å². The van der Waals surface area contributed by atoms with Crippen LogP contribution in [0.5, 0.6) is 0 Å². The summed E-state index contributed by atoms with van der Waals surface area (Å²) in [6.07, 6.45) is -9.30. The molecule has 1 fully saturated rings. The fourth-order valence-corrected chi connectivity index (χ4v) is 2.66. The molecule has 4 N–H and O–H groups in total. The molecule has 1 aliphatic rings. The Hall–Kier alpha value is -1.24. The summed E-state index contributed by atoms with van der Waals surface area (Å²) >= 11 is 9.44. The average Bonchev–Trinajstić information content (AvgIpc) is 2.77. The molecule has 1 heterocycles. The zero-order valence-corrected chi connectivity index (χ0v) is 14.2. The third kappa shape index (κ3) is 4.49. The summed E-state index contributed by atoms with van der Waals surface area (Å²) in [5, 5.41) is -9.66. The fourth-order valence-electron chi connectivity index (χ4n) is 2.20. The Kier molecular flexibility index (Phi) is 6.26. The van der Waals surface area contributed by atoms with Gasteiger partial charge in [-0.3, -0.25) is 0 Å². The molecule has 1 aliphatic heterocycles. The molecule has 0 aromatic heterocycles. The predicted molar refractivity (Wildman–Crippen MR) is 74.3 cm³/mol. The van der Waals surface area contributed by atoms with Gasteiger partial charge in [0, 0.05) is 0 Å². The molecule has 2 amide bonds. The first-order valence-electron chi connectivity index (χ1n) is 6.53. The van der Waals surface area contributed by atoms with Crippen LogP contribution >= 0.6 is 23.2 Å². The summed E-state index contributed by atoms with van der Waals surface area (Å²) in [4.78, 5) is 21.7. The van der Waals surface area contributed by atoms with Gasteiger partial charge in [-0.2, -0.15) is 17.6 Å². The van der Waals surface area contributed by atoms with Crippen molar-refractivity contribution in [3.05, 3.63) is 0 Å².